The average Bonchev–Trinajstić information content (AvgIpc) is 3.30. The number of fused-ring (bicyclic) bond motifs is 2. The highest BCUT2D eigenvalue weighted by molar-refractivity contribution is 5.64. The Bertz CT molecular complexity index is 1290. The van der Waals surface area contributed by atoms with Crippen LogP contribution in [0.5, 0.6) is 0 Å². The standard InChI is InChI=1S/C36H41N/c1-25(20-31-14-6-11-28-10-3-4-17-34(28)31)19-27-9-5-12-29(22-27)30-13-7-16-33(23-30)36-35-18-8-15-32(35)21-26(2)24-37-36/h3,5-6,8-12,14,18,22,24,26,30,32-33H,1,4,7,13,15-17,19-21,23H2,2H3. The molecule has 1 heteroatoms. The van der Waals surface area contributed by atoms with E-state index in [9.17, 15) is 0 Å². The first-order valence-electron chi connectivity index (χ1n) is 14.6. The van der Waals surface area contributed by atoms with E-state index in [-0.39, 0.29) is 0 Å². The summed E-state index contributed by atoms with van der Waals surface area (Å²) in [5.74, 6) is 2.50. The van der Waals surface area contributed by atoms with E-state index in [2.05, 4.69) is 86.5 Å². The highest BCUT2D eigenvalue weighted by Gasteiger charge is 2.31. The number of allylic oxidation sites excluding steroid dienone is 6. The Hall–Kier alpha value is -2.93. The fourth-order valence-electron chi connectivity index (χ4n) is 7.31. The number of aliphatic imine (C=N–C) groups is 1. The molecule has 0 aromatic heterocycles. The molecule has 0 spiro atoms. The van der Waals surface area contributed by atoms with Gasteiger partial charge in [0, 0.05) is 17.8 Å². The van der Waals surface area contributed by atoms with Crippen molar-refractivity contribution in [3.8, 4) is 0 Å². The zero-order chi connectivity index (χ0) is 25.2. The van der Waals surface area contributed by atoms with Gasteiger partial charge in [-0.2, -0.15) is 0 Å². The van der Waals surface area contributed by atoms with Crippen LogP contribution in [0, 0.1) is 17.8 Å². The molecule has 1 heterocycles. The maximum absolute atomic E-state index is 5.11. The molecule has 1 saturated carbocycles. The summed E-state index contributed by atoms with van der Waals surface area (Å²) >= 11 is 0. The fraction of sp³-hybridized carbons (Fsp3) is 0.417. The first-order chi connectivity index (χ1) is 18.1. The maximum Gasteiger partial charge on any atom is 0.0465 e. The van der Waals surface area contributed by atoms with Gasteiger partial charge in [-0.15, -0.1) is 0 Å². The van der Waals surface area contributed by atoms with Crippen molar-refractivity contribution in [3.05, 3.63) is 112 Å². The maximum atomic E-state index is 5.11. The minimum absolute atomic E-state index is 0.583. The molecule has 0 saturated heterocycles. The Balaban J connectivity index is 1.16. The van der Waals surface area contributed by atoms with Crippen molar-refractivity contribution in [1.29, 1.82) is 0 Å². The highest BCUT2D eigenvalue weighted by Crippen LogP contribution is 2.44. The summed E-state index contributed by atoms with van der Waals surface area (Å²) in [6.45, 7) is 6.84. The second-order valence-corrected chi connectivity index (χ2v) is 12.0. The summed E-state index contributed by atoms with van der Waals surface area (Å²) in [6.07, 6.45) is 23.4. The molecule has 0 radical (unpaired) electrons. The molecule has 6 rings (SSSR count). The third kappa shape index (κ3) is 5.37. The van der Waals surface area contributed by atoms with Gasteiger partial charge in [-0.25, -0.2) is 0 Å². The van der Waals surface area contributed by atoms with Gasteiger partial charge < -0.3 is 0 Å². The average molecular weight is 488 g/mol. The van der Waals surface area contributed by atoms with Crippen molar-refractivity contribution in [3.63, 3.8) is 0 Å². The largest absolute Gasteiger partial charge is 0.265 e. The Morgan fingerprint density at radius 2 is 1.84 bits per heavy atom. The van der Waals surface area contributed by atoms with Crippen molar-refractivity contribution in [2.75, 3.05) is 0 Å². The molecule has 2 aromatic rings. The van der Waals surface area contributed by atoms with Crippen LogP contribution in [0.15, 0.2) is 89.1 Å². The smallest absolute Gasteiger partial charge is 0.0465 e. The number of benzene rings is 2. The van der Waals surface area contributed by atoms with E-state index in [1.54, 1.807) is 5.57 Å². The van der Waals surface area contributed by atoms with Crippen molar-refractivity contribution < 1.29 is 0 Å². The van der Waals surface area contributed by atoms with Crippen molar-refractivity contribution >= 4 is 12.3 Å². The molecular formula is C36H41N. The molecule has 37 heavy (non-hydrogen) atoms. The summed E-state index contributed by atoms with van der Waals surface area (Å²) in [5.41, 5.74) is 11.6. The predicted octanol–water partition coefficient (Wildman–Crippen LogP) is 9.20. The molecule has 0 amide bonds. The van der Waals surface area contributed by atoms with E-state index in [1.165, 1.54) is 77.6 Å². The number of nitrogens with zero attached hydrogens (tertiary/aromatic N) is 1. The SMILES string of the molecule is C=C(Cc1cccc(C2CCCC(C3=C4C=CCC4CC(C)C=N3)C2)c1)Cc1cccc2c1CCC=C2. The van der Waals surface area contributed by atoms with Crippen LogP contribution in [0.1, 0.15) is 85.6 Å². The lowest BCUT2D eigenvalue weighted by molar-refractivity contribution is 0.354. The van der Waals surface area contributed by atoms with Crippen molar-refractivity contribution in [2.45, 2.75) is 77.0 Å². The second kappa shape index (κ2) is 10.8. The Morgan fingerprint density at radius 3 is 2.78 bits per heavy atom. The Morgan fingerprint density at radius 1 is 0.946 bits per heavy atom. The molecule has 4 atom stereocenters. The third-order valence-corrected chi connectivity index (χ3v) is 9.12. The normalized spacial score (nSPS) is 26.6. The lowest BCUT2D eigenvalue weighted by atomic mass is 9.75. The van der Waals surface area contributed by atoms with Gasteiger partial charge in [0.25, 0.3) is 0 Å². The first kappa shape index (κ1) is 24.4. The van der Waals surface area contributed by atoms with Crippen LogP contribution in [0.3, 0.4) is 0 Å². The van der Waals surface area contributed by atoms with Gasteiger partial charge in [-0.3, -0.25) is 4.99 Å². The summed E-state index contributed by atoms with van der Waals surface area (Å²) in [6, 6.07) is 16.2. The summed E-state index contributed by atoms with van der Waals surface area (Å²) in [5, 5.41) is 0. The summed E-state index contributed by atoms with van der Waals surface area (Å²) < 4.78 is 0. The van der Waals surface area contributed by atoms with E-state index < -0.39 is 0 Å². The highest BCUT2D eigenvalue weighted by atomic mass is 14.8. The minimum Gasteiger partial charge on any atom is -0.265 e. The van der Waals surface area contributed by atoms with Crippen LogP contribution < -0.4 is 0 Å². The van der Waals surface area contributed by atoms with Crippen molar-refractivity contribution in [1.82, 2.24) is 0 Å². The second-order valence-electron chi connectivity index (χ2n) is 12.0. The first-order valence-corrected chi connectivity index (χ1v) is 14.6. The van der Waals surface area contributed by atoms with Crippen LogP contribution in [0.25, 0.3) is 6.08 Å². The van der Waals surface area contributed by atoms with Crippen LogP contribution in [-0.2, 0) is 19.3 Å². The Labute approximate surface area is 223 Å². The third-order valence-electron chi connectivity index (χ3n) is 9.12. The number of rotatable bonds is 6. The zero-order valence-electron chi connectivity index (χ0n) is 22.5. The van der Waals surface area contributed by atoms with E-state index >= 15 is 0 Å². The zero-order valence-corrected chi connectivity index (χ0v) is 22.5. The van der Waals surface area contributed by atoms with Gasteiger partial charge in [0.1, 0.15) is 0 Å². The molecule has 4 unspecified atom stereocenters. The molecular weight excluding hydrogens is 446 g/mol. The van der Waals surface area contributed by atoms with Gasteiger partial charge in [0.05, 0.1) is 0 Å². The molecule has 0 N–H and O–H groups in total. The Kier molecular flexibility index (Phi) is 7.14. The molecule has 190 valence electrons. The number of hydrogen-bond acceptors (Lipinski definition) is 1. The predicted molar refractivity (Wildman–Crippen MR) is 158 cm³/mol. The quantitative estimate of drug-likeness (QED) is 0.360. The van der Waals surface area contributed by atoms with Crippen molar-refractivity contribution in [2.24, 2.45) is 22.7 Å². The molecule has 4 aliphatic rings. The van der Waals surface area contributed by atoms with Gasteiger partial charge >= 0.3 is 0 Å². The molecule has 0 bridgehead atoms. The topological polar surface area (TPSA) is 12.4 Å². The lowest BCUT2D eigenvalue weighted by Crippen LogP contribution is -2.17. The van der Waals surface area contributed by atoms with E-state index in [0.29, 0.717) is 23.7 Å². The van der Waals surface area contributed by atoms with Crippen LogP contribution >= 0.6 is 0 Å². The van der Waals surface area contributed by atoms with E-state index in [4.69, 9.17) is 4.99 Å². The molecule has 1 nitrogen and oxygen atoms in total. The van der Waals surface area contributed by atoms with Gasteiger partial charge in [-0.05, 0) is 109 Å². The molecule has 1 aliphatic heterocycles. The number of hydrogen-bond donors (Lipinski definition) is 0. The monoisotopic (exact) mass is 487 g/mol. The van der Waals surface area contributed by atoms with Crippen LogP contribution in [0.4, 0.5) is 0 Å². The minimum atomic E-state index is 0.583. The van der Waals surface area contributed by atoms with Crippen LogP contribution in [0.2, 0.25) is 0 Å². The fourth-order valence-corrected chi connectivity index (χ4v) is 7.31. The van der Waals surface area contributed by atoms with Gasteiger partial charge in [0.2, 0.25) is 0 Å². The van der Waals surface area contributed by atoms with Crippen LogP contribution in [-0.4, -0.2) is 6.21 Å². The molecule has 2 aromatic carbocycles. The molecule has 3 aliphatic carbocycles. The van der Waals surface area contributed by atoms with Gasteiger partial charge in [0.15, 0.2) is 0 Å². The molecule has 1 fully saturated rings. The van der Waals surface area contributed by atoms with E-state index in [0.717, 1.165) is 25.7 Å². The summed E-state index contributed by atoms with van der Waals surface area (Å²) in [7, 11) is 0. The lowest BCUT2D eigenvalue weighted by Gasteiger charge is -2.31. The summed E-state index contributed by atoms with van der Waals surface area (Å²) in [4.78, 5) is 5.11. The van der Waals surface area contributed by atoms with E-state index in [1.807, 2.05) is 0 Å². The van der Waals surface area contributed by atoms with Gasteiger partial charge in [-0.1, -0.05) is 92.3 Å².